The fraction of sp³-hybridized carbons (Fsp3) is 1.00. The molecule has 2 unspecified atom stereocenters. The minimum atomic E-state index is -0.289. The topological polar surface area (TPSA) is 67.2 Å². The van der Waals surface area contributed by atoms with Gasteiger partial charge in [0.2, 0.25) is 0 Å². The Morgan fingerprint density at radius 3 is 2.85 bits per heavy atom. The molecule has 0 saturated carbocycles. The van der Waals surface area contributed by atoms with E-state index in [-0.39, 0.29) is 11.7 Å². The SMILES string of the molecule is [N-]=[N+]=NCC1(C2CCCO2)CCO1. The first-order valence-corrected chi connectivity index (χ1v) is 4.64. The Morgan fingerprint density at radius 2 is 2.38 bits per heavy atom. The number of ether oxygens (including phenoxy) is 2. The normalized spacial score (nSPS) is 38.0. The molecule has 5 nitrogen and oxygen atoms in total. The summed E-state index contributed by atoms with van der Waals surface area (Å²) in [6.45, 7) is 1.99. The van der Waals surface area contributed by atoms with Crippen LogP contribution in [0.4, 0.5) is 0 Å². The van der Waals surface area contributed by atoms with Crippen molar-refractivity contribution in [2.45, 2.75) is 31.0 Å². The Bertz CT molecular complexity index is 228. The molecule has 0 aromatic heterocycles. The number of azide groups is 1. The van der Waals surface area contributed by atoms with Gasteiger partial charge in [0.15, 0.2) is 0 Å². The summed E-state index contributed by atoms with van der Waals surface area (Å²) in [7, 11) is 0. The Kier molecular flexibility index (Phi) is 2.40. The highest BCUT2D eigenvalue weighted by molar-refractivity contribution is 4.98. The zero-order valence-electron chi connectivity index (χ0n) is 7.48. The molecule has 0 amide bonds. The number of nitrogens with zero attached hydrogens (tertiary/aromatic N) is 3. The third-order valence-corrected chi connectivity index (χ3v) is 2.83. The lowest BCUT2D eigenvalue weighted by atomic mass is 9.87. The molecule has 2 saturated heterocycles. The van der Waals surface area contributed by atoms with Crippen LogP contribution in [0.25, 0.3) is 10.4 Å². The fourth-order valence-corrected chi connectivity index (χ4v) is 1.99. The van der Waals surface area contributed by atoms with Crippen LogP contribution in [-0.4, -0.2) is 31.5 Å². The molecule has 2 aliphatic rings. The van der Waals surface area contributed by atoms with Gasteiger partial charge in [0.25, 0.3) is 0 Å². The van der Waals surface area contributed by atoms with Crippen LogP contribution in [0, 0.1) is 0 Å². The second-order valence-electron chi connectivity index (χ2n) is 3.55. The highest BCUT2D eigenvalue weighted by Gasteiger charge is 2.47. The molecular formula is C8H13N3O2. The van der Waals surface area contributed by atoms with Gasteiger partial charge in [0.1, 0.15) is 5.60 Å². The van der Waals surface area contributed by atoms with E-state index < -0.39 is 0 Å². The standard InChI is InChI=1S/C8H13N3O2/c9-11-10-6-8(3-5-13-8)7-2-1-4-12-7/h7H,1-6H2. The summed E-state index contributed by atoms with van der Waals surface area (Å²) >= 11 is 0. The predicted octanol–water partition coefficient (Wildman–Crippen LogP) is 1.63. The van der Waals surface area contributed by atoms with Crippen molar-refractivity contribution >= 4 is 0 Å². The van der Waals surface area contributed by atoms with Crippen molar-refractivity contribution in [3.63, 3.8) is 0 Å². The van der Waals surface area contributed by atoms with E-state index in [0.29, 0.717) is 6.54 Å². The molecule has 5 heteroatoms. The predicted molar refractivity (Wildman–Crippen MR) is 46.3 cm³/mol. The summed E-state index contributed by atoms with van der Waals surface area (Å²) in [5.74, 6) is 0. The van der Waals surface area contributed by atoms with E-state index >= 15 is 0 Å². The van der Waals surface area contributed by atoms with E-state index in [9.17, 15) is 0 Å². The van der Waals surface area contributed by atoms with Crippen molar-refractivity contribution in [1.29, 1.82) is 0 Å². The van der Waals surface area contributed by atoms with Gasteiger partial charge in [-0.1, -0.05) is 5.11 Å². The Labute approximate surface area is 76.6 Å². The van der Waals surface area contributed by atoms with Crippen LogP contribution in [0.3, 0.4) is 0 Å². The lowest BCUT2D eigenvalue weighted by Gasteiger charge is -2.44. The summed E-state index contributed by atoms with van der Waals surface area (Å²) in [5.41, 5.74) is 7.97. The second-order valence-corrected chi connectivity index (χ2v) is 3.55. The van der Waals surface area contributed by atoms with E-state index in [0.717, 1.165) is 32.5 Å². The van der Waals surface area contributed by atoms with Gasteiger partial charge < -0.3 is 9.47 Å². The average molecular weight is 183 g/mol. The smallest absolute Gasteiger partial charge is 0.102 e. The largest absolute Gasteiger partial charge is 0.375 e. The number of hydrogen-bond donors (Lipinski definition) is 0. The molecule has 0 spiro atoms. The van der Waals surface area contributed by atoms with Crippen LogP contribution in [0.15, 0.2) is 5.11 Å². The summed E-state index contributed by atoms with van der Waals surface area (Å²) < 4.78 is 11.1. The van der Waals surface area contributed by atoms with Gasteiger partial charge >= 0.3 is 0 Å². The molecule has 2 fully saturated rings. The summed E-state index contributed by atoms with van der Waals surface area (Å²) in [6.07, 6.45) is 3.22. The van der Waals surface area contributed by atoms with Crippen molar-refractivity contribution in [2.75, 3.05) is 19.8 Å². The van der Waals surface area contributed by atoms with Crippen LogP contribution in [0.5, 0.6) is 0 Å². The van der Waals surface area contributed by atoms with E-state index in [4.69, 9.17) is 15.0 Å². The number of hydrogen-bond acceptors (Lipinski definition) is 3. The maximum absolute atomic E-state index is 8.25. The molecule has 0 N–H and O–H groups in total. The molecule has 2 heterocycles. The maximum Gasteiger partial charge on any atom is 0.102 e. The van der Waals surface area contributed by atoms with E-state index in [1.807, 2.05) is 0 Å². The minimum Gasteiger partial charge on any atom is -0.375 e. The molecule has 13 heavy (non-hydrogen) atoms. The zero-order chi connectivity index (χ0) is 9.15. The third-order valence-electron chi connectivity index (χ3n) is 2.83. The van der Waals surface area contributed by atoms with Crippen molar-refractivity contribution in [3.05, 3.63) is 10.4 Å². The zero-order valence-corrected chi connectivity index (χ0v) is 7.48. The molecular weight excluding hydrogens is 170 g/mol. The van der Waals surface area contributed by atoms with Crippen LogP contribution in [0.2, 0.25) is 0 Å². The first-order chi connectivity index (χ1) is 6.37. The van der Waals surface area contributed by atoms with Crippen LogP contribution < -0.4 is 0 Å². The average Bonchev–Trinajstić information content (AvgIpc) is 2.56. The molecule has 0 aliphatic carbocycles. The Morgan fingerprint density at radius 1 is 1.54 bits per heavy atom. The maximum atomic E-state index is 8.25. The van der Waals surface area contributed by atoms with Gasteiger partial charge in [0, 0.05) is 17.9 Å². The van der Waals surface area contributed by atoms with Gasteiger partial charge in [-0.05, 0) is 18.4 Å². The van der Waals surface area contributed by atoms with Crippen molar-refractivity contribution in [3.8, 4) is 0 Å². The lowest BCUT2D eigenvalue weighted by Crippen LogP contribution is -2.55. The molecule has 2 aliphatic heterocycles. The van der Waals surface area contributed by atoms with Gasteiger partial charge in [-0.15, -0.1) is 0 Å². The summed E-state index contributed by atoms with van der Waals surface area (Å²) in [6, 6.07) is 0. The minimum absolute atomic E-state index is 0.145. The molecule has 72 valence electrons. The monoisotopic (exact) mass is 183 g/mol. The van der Waals surface area contributed by atoms with Crippen LogP contribution in [0.1, 0.15) is 19.3 Å². The van der Waals surface area contributed by atoms with E-state index in [2.05, 4.69) is 10.0 Å². The first kappa shape index (κ1) is 8.81. The molecule has 0 radical (unpaired) electrons. The summed E-state index contributed by atoms with van der Waals surface area (Å²) in [4.78, 5) is 2.76. The van der Waals surface area contributed by atoms with E-state index in [1.165, 1.54) is 0 Å². The van der Waals surface area contributed by atoms with E-state index in [1.54, 1.807) is 0 Å². The second kappa shape index (κ2) is 3.54. The summed E-state index contributed by atoms with van der Waals surface area (Å²) in [5, 5.41) is 3.59. The quantitative estimate of drug-likeness (QED) is 0.379. The molecule has 2 atom stereocenters. The molecule has 2 rings (SSSR count). The fourth-order valence-electron chi connectivity index (χ4n) is 1.99. The van der Waals surface area contributed by atoms with Gasteiger partial charge in [-0.3, -0.25) is 0 Å². The van der Waals surface area contributed by atoms with Crippen molar-refractivity contribution in [2.24, 2.45) is 5.11 Å². The molecule has 0 aromatic carbocycles. The molecule has 0 aromatic rings. The molecule has 0 bridgehead atoms. The van der Waals surface area contributed by atoms with Crippen molar-refractivity contribution < 1.29 is 9.47 Å². The highest BCUT2D eigenvalue weighted by Crippen LogP contribution is 2.36. The van der Waals surface area contributed by atoms with Crippen LogP contribution >= 0.6 is 0 Å². The van der Waals surface area contributed by atoms with Gasteiger partial charge in [0.05, 0.1) is 19.3 Å². The first-order valence-electron chi connectivity index (χ1n) is 4.64. The van der Waals surface area contributed by atoms with Crippen LogP contribution in [-0.2, 0) is 9.47 Å². The number of rotatable bonds is 3. The Balaban J connectivity index is 2.00. The van der Waals surface area contributed by atoms with Crippen molar-refractivity contribution in [1.82, 2.24) is 0 Å². The third kappa shape index (κ3) is 1.50. The van der Waals surface area contributed by atoms with Gasteiger partial charge in [-0.25, -0.2) is 0 Å². The Hall–Kier alpha value is -0.770. The lowest BCUT2D eigenvalue weighted by molar-refractivity contribution is -0.200. The highest BCUT2D eigenvalue weighted by atomic mass is 16.6. The van der Waals surface area contributed by atoms with Gasteiger partial charge in [-0.2, -0.15) is 0 Å².